The third-order valence-corrected chi connectivity index (χ3v) is 7.36. The summed E-state index contributed by atoms with van der Waals surface area (Å²) in [6.45, 7) is 1.76. The molecule has 1 aromatic heterocycles. The molecule has 4 nitrogen and oxygen atoms in total. The number of benzene rings is 3. The zero-order valence-electron chi connectivity index (χ0n) is 20.0. The Morgan fingerprint density at radius 2 is 1.54 bits per heavy atom. The second kappa shape index (κ2) is 9.01. The normalized spacial score (nSPS) is 18.1. The van der Waals surface area contributed by atoms with E-state index in [1.807, 2.05) is 33.7 Å². The lowest BCUT2D eigenvalue weighted by Gasteiger charge is -2.18. The number of imidazole rings is 1. The van der Waals surface area contributed by atoms with Crippen molar-refractivity contribution in [2.45, 2.75) is 32.0 Å². The van der Waals surface area contributed by atoms with Gasteiger partial charge in [-0.05, 0) is 66.6 Å². The van der Waals surface area contributed by atoms with Crippen molar-refractivity contribution in [3.63, 3.8) is 0 Å². The molecular weight excluding hydrogens is 482 g/mol. The molecule has 1 aliphatic carbocycles. The molecule has 0 radical (unpaired) electrons. The molecule has 8 heteroatoms. The van der Waals surface area contributed by atoms with Crippen molar-refractivity contribution in [1.29, 1.82) is 0 Å². The molecule has 2 heterocycles. The molecule has 1 saturated heterocycles. The molecule has 4 aromatic rings. The fraction of sp³-hybridized carbons (Fsp3) is 0.310. The number of alkyl halides is 3. The van der Waals surface area contributed by atoms with Crippen LogP contribution in [0.25, 0.3) is 33.5 Å². The zero-order chi connectivity index (χ0) is 25.7. The Morgan fingerprint density at radius 3 is 2.19 bits per heavy atom. The highest BCUT2D eigenvalue weighted by Crippen LogP contribution is 2.36. The standard InChI is InChI=1S/C29H25F4N3O/c30-24-10-7-20(8-11-24)19-1-3-21(4-2-19)27-34-25-12-9-23(29(31,32)33)15-26(25)36(27)17-18-13-14-35(16-18)28(37)22-5-6-22/h1-4,7-12,15,18,22H,5-6,13-14,16-17H2/t18-/m1/s1. The van der Waals surface area contributed by atoms with Gasteiger partial charge in [-0.2, -0.15) is 13.2 Å². The summed E-state index contributed by atoms with van der Waals surface area (Å²) in [4.78, 5) is 19.2. The van der Waals surface area contributed by atoms with Crippen LogP contribution in [-0.2, 0) is 17.5 Å². The highest BCUT2D eigenvalue weighted by Gasteiger charge is 2.37. The minimum atomic E-state index is -4.46. The Hall–Kier alpha value is -3.68. The molecular formula is C29H25F4N3O. The van der Waals surface area contributed by atoms with Gasteiger partial charge >= 0.3 is 6.18 Å². The van der Waals surface area contributed by atoms with Crippen molar-refractivity contribution >= 4 is 16.9 Å². The summed E-state index contributed by atoms with van der Waals surface area (Å²) >= 11 is 0. The Balaban J connectivity index is 1.36. The molecule has 1 atom stereocenters. The number of nitrogens with zero attached hydrogens (tertiary/aromatic N) is 3. The second-order valence-corrected chi connectivity index (χ2v) is 10.0. The maximum absolute atomic E-state index is 13.5. The van der Waals surface area contributed by atoms with Crippen LogP contribution in [0.1, 0.15) is 24.8 Å². The molecule has 1 aliphatic heterocycles. The predicted octanol–water partition coefficient (Wildman–Crippen LogP) is 6.79. The van der Waals surface area contributed by atoms with E-state index < -0.39 is 11.7 Å². The number of carbonyl (C=O) groups excluding carboxylic acids is 1. The van der Waals surface area contributed by atoms with Crippen molar-refractivity contribution in [2.75, 3.05) is 13.1 Å². The average molecular weight is 508 g/mol. The molecule has 0 N–H and O–H groups in total. The fourth-order valence-corrected chi connectivity index (χ4v) is 5.19. The molecule has 1 amide bonds. The molecule has 2 fully saturated rings. The maximum atomic E-state index is 13.5. The topological polar surface area (TPSA) is 38.1 Å². The highest BCUT2D eigenvalue weighted by molar-refractivity contribution is 5.82. The first-order valence-electron chi connectivity index (χ1n) is 12.5. The Labute approximate surface area is 211 Å². The quantitative estimate of drug-likeness (QED) is 0.279. The van der Waals surface area contributed by atoms with Gasteiger partial charge in [0.1, 0.15) is 11.6 Å². The van der Waals surface area contributed by atoms with Crippen molar-refractivity contribution in [2.24, 2.45) is 11.8 Å². The van der Waals surface area contributed by atoms with Crippen LogP contribution in [0.15, 0.2) is 66.7 Å². The molecule has 6 rings (SSSR count). The lowest BCUT2D eigenvalue weighted by Crippen LogP contribution is -2.30. The van der Waals surface area contributed by atoms with E-state index in [4.69, 9.17) is 4.98 Å². The van der Waals surface area contributed by atoms with Gasteiger partial charge in [0.15, 0.2) is 0 Å². The molecule has 0 bridgehead atoms. The molecule has 0 unspecified atom stereocenters. The van der Waals surface area contributed by atoms with Gasteiger partial charge in [0, 0.05) is 31.1 Å². The third-order valence-electron chi connectivity index (χ3n) is 7.36. The lowest BCUT2D eigenvalue weighted by atomic mass is 10.0. The largest absolute Gasteiger partial charge is 0.416 e. The Kier molecular flexibility index (Phi) is 5.77. The number of aromatic nitrogens is 2. The first-order chi connectivity index (χ1) is 17.8. The van der Waals surface area contributed by atoms with E-state index >= 15 is 0 Å². The maximum Gasteiger partial charge on any atom is 0.416 e. The van der Waals surface area contributed by atoms with Gasteiger partial charge in [0.05, 0.1) is 16.6 Å². The predicted molar refractivity (Wildman–Crippen MR) is 133 cm³/mol. The van der Waals surface area contributed by atoms with Crippen LogP contribution in [-0.4, -0.2) is 33.4 Å². The van der Waals surface area contributed by atoms with E-state index in [0.29, 0.717) is 36.5 Å². The van der Waals surface area contributed by atoms with Gasteiger partial charge in [-0.1, -0.05) is 36.4 Å². The second-order valence-electron chi connectivity index (χ2n) is 10.0. The summed E-state index contributed by atoms with van der Waals surface area (Å²) in [5, 5.41) is 0. The minimum Gasteiger partial charge on any atom is -0.342 e. The summed E-state index contributed by atoms with van der Waals surface area (Å²) in [6.07, 6.45) is -1.75. The van der Waals surface area contributed by atoms with Gasteiger partial charge in [-0.25, -0.2) is 9.37 Å². The van der Waals surface area contributed by atoms with E-state index in [-0.39, 0.29) is 23.6 Å². The minimum absolute atomic E-state index is 0.131. The van der Waals surface area contributed by atoms with Crippen molar-refractivity contribution in [3.05, 3.63) is 78.1 Å². The molecule has 190 valence electrons. The first kappa shape index (κ1) is 23.7. The van der Waals surface area contributed by atoms with Gasteiger partial charge < -0.3 is 9.47 Å². The number of amides is 1. The van der Waals surface area contributed by atoms with Crippen molar-refractivity contribution in [1.82, 2.24) is 14.5 Å². The van der Waals surface area contributed by atoms with Gasteiger partial charge in [0.25, 0.3) is 0 Å². The molecule has 1 saturated carbocycles. The number of hydrogen-bond acceptors (Lipinski definition) is 2. The van der Waals surface area contributed by atoms with Crippen LogP contribution in [0.3, 0.4) is 0 Å². The SMILES string of the molecule is O=C(C1CC1)N1CC[C@@H](Cn2c(-c3ccc(-c4ccc(F)cc4)cc3)nc3ccc(C(F)(F)F)cc32)C1. The van der Waals surface area contributed by atoms with E-state index in [9.17, 15) is 22.4 Å². The molecule has 0 spiro atoms. The van der Waals surface area contributed by atoms with E-state index in [2.05, 4.69) is 0 Å². The molecule has 37 heavy (non-hydrogen) atoms. The van der Waals surface area contributed by atoms with Crippen LogP contribution in [0.5, 0.6) is 0 Å². The van der Waals surface area contributed by atoms with E-state index in [0.717, 1.165) is 42.0 Å². The van der Waals surface area contributed by atoms with Gasteiger partial charge in [-0.3, -0.25) is 4.79 Å². The van der Waals surface area contributed by atoms with Crippen LogP contribution in [0.2, 0.25) is 0 Å². The van der Waals surface area contributed by atoms with Gasteiger partial charge in [0.2, 0.25) is 5.91 Å². The monoisotopic (exact) mass is 507 g/mol. The summed E-state index contributed by atoms with van der Waals surface area (Å²) in [7, 11) is 0. The highest BCUT2D eigenvalue weighted by atomic mass is 19.4. The summed E-state index contributed by atoms with van der Waals surface area (Å²) < 4.78 is 55.8. The Morgan fingerprint density at radius 1 is 0.892 bits per heavy atom. The number of carbonyl (C=O) groups is 1. The zero-order valence-corrected chi connectivity index (χ0v) is 20.0. The third kappa shape index (κ3) is 4.72. The van der Waals surface area contributed by atoms with Crippen LogP contribution in [0, 0.1) is 17.7 Å². The number of likely N-dealkylation sites (tertiary alicyclic amines) is 1. The van der Waals surface area contributed by atoms with Crippen LogP contribution in [0.4, 0.5) is 17.6 Å². The van der Waals surface area contributed by atoms with Crippen LogP contribution < -0.4 is 0 Å². The molecule has 2 aliphatic rings. The molecule has 3 aromatic carbocycles. The van der Waals surface area contributed by atoms with Crippen molar-refractivity contribution in [3.8, 4) is 22.5 Å². The number of fused-ring (bicyclic) bond motifs is 1. The van der Waals surface area contributed by atoms with E-state index in [1.54, 1.807) is 12.1 Å². The fourth-order valence-electron chi connectivity index (χ4n) is 5.19. The average Bonchev–Trinajstić information content (AvgIpc) is 3.53. The summed E-state index contributed by atoms with van der Waals surface area (Å²) in [5.41, 5.74) is 2.75. The van der Waals surface area contributed by atoms with E-state index in [1.165, 1.54) is 24.3 Å². The number of rotatable bonds is 5. The van der Waals surface area contributed by atoms with Crippen molar-refractivity contribution < 1.29 is 22.4 Å². The lowest BCUT2D eigenvalue weighted by molar-refractivity contribution is -0.137. The first-order valence-corrected chi connectivity index (χ1v) is 12.5. The summed E-state index contributed by atoms with van der Waals surface area (Å²) in [6, 6.07) is 17.4. The van der Waals surface area contributed by atoms with Gasteiger partial charge in [-0.15, -0.1) is 0 Å². The smallest absolute Gasteiger partial charge is 0.342 e. The summed E-state index contributed by atoms with van der Waals surface area (Å²) in [5.74, 6) is 0.766. The number of halogens is 4. The Bertz CT molecular complexity index is 1450. The van der Waals surface area contributed by atoms with Crippen LogP contribution >= 0.6 is 0 Å². The number of hydrogen-bond donors (Lipinski definition) is 0.